The predicted molar refractivity (Wildman–Crippen MR) is 73.7 cm³/mol. The normalized spacial score (nSPS) is 10.7. The largest absolute Gasteiger partial charge is 0.416 e. The minimum absolute atomic E-state index is 0. The molecule has 4 nitrogen and oxygen atoms in total. The Morgan fingerprint density at radius 3 is 1.68 bits per heavy atom. The van der Waals surface area contributed by atoms with Gasteiger partial charge in [-0.25, -0.2) is 0 Å². The predicted octanol–water partition coefficient (Wildman–Crippen LogP) is 3.46. The second kappa shape index (κ2) is 7.04. The van der Waals surface area contributed by atoms with E-state index < -0.39 is 22.4 Å². The number of hydrogen-bond acceptors (Lipinski definition) is 3. The van der Waals surface area contributed by atoms with Crippen LogP contribution in [0.25, 0.3) is 0 Å². The number of nitrogens with zero attached hydrogens (tertiary/aromatic N) is 1. The first kappa shape index (κ1) is 18.3. The molecule has 0 unspecified atom stereocenters. The first-order valence-corrected chi connectivity index (χ1v) is 5.75. The Labute approximate surface area is 145 Å². The molecule has 0 spiro atoms. The number of nitro groups is 1. The Morgan fingerprint density at radius 2 is 1.32 bits per heavy atom. The molecule has 0 heterocycles. The van der Waals surface area contributed by atoms with Crippen molar-refractivity contribution in [3.8, 4) is 0 Å². The molecule has 0 N–H and O–H groups in total. The van der Waals surface area contributed by atoms with Gasteiger partial charge in [0.2, 0.25) is 0 Å². The second-order valence-electron chi connectivity index (χ2n) is 4.21. The maximum Gasteiger partial charge on any atom is 0.416 e. The number of benzene rings is 2. The molecule has 0 atom stereocenters. The van der Waals surface area contributed by atoms with Crippen LogP contribution in [0.4, 0.5) is 18.9 Å². The van der Waals surface area contributed by atoms with Crippen molar-refractivity contribution < 1.29 is 22.9 Å². The van der Waals surface area contributed by atoms with E-state index in [0.29, 0.717) is 0 Å². The summed E-state index contributed by atoms with van der Waals surface area (Å²) in [5.74, 6) is -0.501. The first-order chi connectivity index (χ1) is 9.79. The first-order valence-electron chi connectivity index (χ1n) is 5.75. The number of nitro benzene ring substituents is 1. The zero-order valence-corrected chi connectivity index (χ0v) is 13.4. The number of ketones is 1. The number of hydrogen-bond donors (Lipinski definition) is 0. The summed E-state index contributed by atoms with van der Waals surface area (Å²) in [6.45, 7) is 0. The van der Waals surface area contributed by atoms with E-state index in [1.165, 1.54) is 12.1 Å². The van der Waals surface area contributed by atoms with Crippen molar-refractivity contribution in [2.45, 2.75) is 6.18 Å². The topological polar surface area (TPSA) is 60.2 Å². The van der Waals surface area contributed by atoms with Crippen molar-refractivity contribution in [1.82, 2.24) is 0 Å². The smallest absolute Gasteiger partial charge is 0.289 e. The molecule has 0 bridgehead atoms. The number of rotatable bonds is 3. The maximum atomic E-state index is 12.4. The van der Waals surface area contributed by atoms with E-state index in [1.807, 2.05) is 0 Å². The van der Waals surface area contributed by atoms with Crippen LogP contribution in [0.1, 0.15) is 21.5 Å². The molecule has 2 aromatic rings. The molecule has 0 saturated heterocycles. The van der Waals surface area contributed by atoms with E-state index in [0.717, 1.165) is 36.4 Å². The van der Waals surface area contributed by atoms with Crippen molar-refractivity contribution in [2.75, 3.05) is 0 Å². The zero-order valence-electron chi connectivity index (χ0n) is 11.4. The Kier molecular flexibility index (Phi) is 5.87. The average Bonchev–Trinajstić information content (AvgIpc) is 2.46. The van der Waals surface area contributed by atoms with Crippen molar-refractivity contribution in [1.29, 1.82) is 0 Å². The molecular weight excluding hydrogens is 310 g/mol. The van der Waals surface area contributed by atoms with Crippen LogP contribution in [-0.4, -0.2) is 40.3 Å². The summed E-state index contributed by atoms with van der Waals surface area (Å²) in [7, 11) is 0. The van der Waals surface area contributed by atoms with Crippen LogP contribution in [0.15, 0.2) is 48.5 Å². The van der Waals surface area contributed by atoms with Gasteiger partial charge in [0, 0.05) is 52.8 Å². The van der Waals surface area contributed by atoms with Gasteiger partial charge in [-0.1, -0.05) is 12.1 Å². The molecule has 22 heavy (non-hydrogen) atoms. The van der Waals surface area contributed by atoms with Crippen molar-refractivity contribution >= 4 is 41.0 Å². The van der Waals surface area contributed by atoms with Gasteiger partial charge < -0.3 is 0 Å². The second-order valence-corrected chi connectivity index (χ2v) is 4.21. The van der Waals surface area contributed by atoms with E-state index in [-0.39, 0.29) is 46.4 Å². The van der Waals surface area contributed by atoms with Gasteiger partial charge in [-0.05, 0) is 24.3 Å². The van der Waals surface area contributed by atoms with Crippen LogP contribution in [0.5, 0.6) is 0 Å². The Morgan fingerprint density at radius 1 is 0.909 bits per heavy atom. The summed E-state index contributed by atoms with van der Waals surface area (Å²) in [6.07, 6.45) is -4.46. The Balaban J connectivity index is 0.00000242. The van der Waals surface area contributed by atoms with Gasteiger partial charge in [-0.15, -0.1) is 0 Å². The molecule has 0 amide bonds. The molecule has 0 aromatic heterocycles. The van der Waals surface area contributed by atoms with Gasteiger partial charge in [-0.2, -0.15) is 13.2 Å². The third-order valence-electron chi connectivity index (χ3n) is 2.81. The van der Waals surface area contributed by atoms with Crippen LogP contribution in [0.3, 0.4) is 0 Å². The van der Waals surface area contributed by atoms with E-state index >= 15 is 0 Å². The molecule has 0 saturated carbocycles. The molecule has 2 aromatic carbocycles. The van der Waals surface area contributed by atoms with E-state index in [9.17, 15) is 28.1 Å². The summed E-state index contributed by atoms with van der Waals surface area (Å²) in [5.41, 5.74) is -0.765. The Hall–Kier alpha value is -1.70. The number of halogens is 3. The summed E-state index contributed by atoms with van der Waals surface area (Å²) in [4.78, 5) is 21.9. The Bertz CT molecular complexity index is 682. The zero-order chi connectivity index (χ0) is 15.6. The molecule has 0 aliphatic heterocycles. The van der Waals surface area contributed by atoms with Crippen LogP contribution in [0.2, 0.25) is 0 Å². The SMILES string of the molecule is O=C(c1ccc([N+](=O)[O-])cc1)c1ccc(C(F)(F)F)cc1.[Na]. The van der Waals surface area contributed by atoms with Crippen LogP contribution in [-0.2, 0) is 6.18 Å². The number of carbonyl (C=O) groups excluding carboxylic acids is 1. The molecule has 0 fully saturated rings. The monoisotopic (exact) mass is 318 g/mol. The minimum Gasteiger partial charge on any atom is -0.289 e. The molecule has 109 valence electrons. The summed E-state index contributed by atoms with van der Waals surface area (Å²) >= 11 is 0. The van der Waals surface area contributed by atoms with E-state index in [2.05, 4.69) is 0 Å². The van der Waals surface area contributed by atoms with Crippen LogP contribution in [0, 0.1) is 10.1 Å². The van der Waals surface area contributed by atoms with Gasteiger partial charge in [0.1, 0.15) is 0 Å². The minimum atomic E-state index is -4.46. The molecule has 8 heteroatoms. The van der Waals surface area contributed by atoms with Gasteiger partial charge >= 0.3 is 6.18 Å². The molecule has 0 aliphatic rings. The van der Waals surface area contributed by atoms with Gasteiger partial charge in [0.15, 0.2) is 5.78 Å². The van der Waals surface area contributed by atoms with Gasteiger partial charge in [-0.3, -0.25) is 14.9 Å². The number of non-ortho nitro benzene ring substituents is 1. The van der Waals surface area contributed by atoms with Gasteiger partial charge in [0.05, 0.1) is 10.5 Å². The fourth-order valence-corrected chi connectivity index (χ4v) is 1.71. The molecular formula is C14H8F3NNaO3. The number of alkyl halides is 3. The molecule has 1 radical (unpaired) electrons. The van der Waals surface area contributed by atoms with Crippen molar-refractivity contribution in [3.63, 3.8) is 0 Å². The fourth-order valence-electron chi connectivity index (χ4n) is 1.71. The quantitative estimate of drug-likeness (QED) is 0.377. The van der Waals surface area contributed by atoms with Crippen LogP contribution >= 0.6 is 0 Å². The van der Waals surface area contributed by atoms with Crippen molar-refractivity contribution in [3.05, 3.63) is 75.3 Å². The third-order valence-corrected chi connectivity index (χ3v) is 2.81. The summed E-state index contributed by atoms with van der Waals surface area (Å²) < 4.78 is 37.2. The standard InChI is InChI=1S/C14H8F3NO3.Na/c15-14(16,17)11-5-1-9(2-6-11)13(19)10-3-7-12(8-4-10)18(20)21;/h1-8H;. The average molecular weight is 318 g/mol. The third kappa shape index (κ3) is 4.16. The summed E-state index contributed by atoms with van der Waals surface area (Å²) in [5, 5.41) is 10.5. The number of carbonyl (C=O) groups is 1. The van der Waals surface area contributed by atoms with Crippen LogP contribution < -0.4 is 0 Å². The summed E-state index contributed by atoms with van der Waals surface area (Å²) in [6, 6.07) is 8.64. The molecule has 0 aliphatic carbocycles. The van der Waals surface area contributed by atoms with Crippen molar-refractivity contribution in [2.24, 2.45) is 0 Å². The van der Waals surface area contributed by atoms with Gasteiger partial charge in [0.25, 0.3) is 5.69 Å². The fraction of sp³-hybridized carbons (Fsp3) is 0.0714. The maximum absolute atomic E-state index is 12.4. The van der Waals surface area contributed by atoms with E-state index in [1.54, 1.807) is 0 Å². The molecule has 2 rings (SSSR count). The van der Waals surface area contributed by atoms with E-state index in [4.69, 9.17) is 0 Å².